The minimum Gasteiger partial charge on any atom is -0.358 e. The van der Waals surface area contributed by atoms with Gasteiger partial charge >= 0.3 is 9.15 Å². The third-order valence-electron chi connectivity index (χ3n) is 1.23. The van der Waals surface area contributed by atoms with E-state index in [4.69, 9.17) is 0 Å². The molecular formula is C6H12N2O5S2. The van der Waals surface area contributed by atoms with Gasteiger partial charge in [-0.05, 0) is 0 Å². The number of amides is 2. The Balaban J connectivity index is 3.98. The summed E-state index contributed by atoms with van der Waals surface area (Å²) in [7, 11) is -0.828. The van der Waals surface area contributed by atoms with Gasteiger partial charge in [0.05, 0.1) is 5.75 Å². The standard InChI is InChI=1S/C6H12N2O5S2/c1-7-5(9)3-13-15(11,12)14-4-6(10)8-2/h3-4H2,1-2H3,(H,7,9)(H,8,10). The van der Waals surface area contributed by atoms with Gasteiger partial charge in [0.2, 0.25) is 11.8 Å². The predicted octanol–water partition coefficient (Wildman–Crippen LogP) is -1.53. The van der Waals surface area contributed by atoms with Crippen LogP contribution in [0.25, 0.3) is 0 Å². The Kier molecular flexibility index (Phi) is 6.29. The van der Waals surface area contributed by atoms with Crippen LogP contribution < -0.4 is 10.6 Å². The van der Waals surface area contributed by atoms with Crippen molar-refractivity contribution in [2.24, 2.45) is 0 Å². The summed E-state index contributed by atoms with van der Waals surface area (Å²) in [5.41, 5.74) is 0. The molecule has 0 radical (unpaired) electrons. The number of carbonyl (C=O) groups is 2. The molecule has 0 atom stereocenters. The van der Waals surface area contributed by atoms with Gasteiger partial charge in [-0.1, -0.05) is 0 Å². The highest BCUT2D eigenvalue weighted by Gasteiger charge is 2.16. The number of likely N-dealkylation sites (N-methyl/N-ethyl adjacent to an activating group) is 1. The van der Waals surface area contributed by atoms with Crippen LogP contribution >= 0.6 is 10.8 Å². The van der Waals surface area contributed by atoms with Gasteiger partial charge in [0.1, 0.15) is 6.61 Å². The molecule has 0 aromatic carbocycles. The molecule has 0 heterocycles. The van der Waals surface area contributed by atoms with Crippen LogP contribution in [-0.4, -0.2) is 46.7 Å². The molecule has 7 nitrogen and oxygen atoms in total. The molecule has 9 heteroatoms. The van der Waals surface area contributed by atoms with Gasteiger partial charge in [0.15, 0.2) is 0 Å². The maximum Gasteiger partial charge on any atom is 0.323 e. The fraction of sp³-hybridized carbons (Fsp3) is 0.667. The third-order valence-corrected chi connectivity index (χ3v) is 3.81. The first-order valence-corrected chi connectivity index (χ1v) is 6.77. The van der Waals surface area contributed by atoms with Crippen molar-refractivity contribution in [3.05, 3.63) is 0 Å². The number of carbonyl (C=O) groups excluding carboxylic acids is 2. The predicted molar refractivity (Wildman–Crippen MR) is 55.5 cm³/mol. The fourth-order valence-corrected chi connectivity index (χ4v) is 2.25. The minimum atomic E-state index is -3.90. The SMILES string of the molecule is CNC(=O)COS(=O)(=O)SCC(=O)NC. The molecule has 0 fully saturated rings. The number of hydrogen-bond donors (Lipinski definition) is 2. The van der Waals surface area contributed by atoms with Crippen molar-refractivity contribution in [2.75, 3.05) is 26.5 Å². The maximum atomic E-state index is 11.1. The first-order valence-electron chi connectivity index (χ1n) is 3.86. The molecule has 0 rings (SSSR count). The highest BCUT2D eigenvalue weighted by Crippen LogP contribution is 2.13. The van der Waals surface area contributed by atoms with Gasteiger partial charge in [0.25, 0.3) is 0 Å². The van der Waals surface area contributed by atoms with Crippen LogP contribution in [0.5, 0.6) is 0 Å². The van der Waals surface area contributed by atoms with E-state index in [1.54, 1.807) is 0 Å². The Morgan fingerprint density at radius 1 is 1.20 bits per heavy atom. The lowest BCUT2D eigenvalue weighted by Gasteiger charge is -2.03. The van der Waals surface area contributed by atoms with Gasteiger partial charge < -0.3 is 10.6 Å². The van der Waals surface area contributed by atoms with E-state index in [0.717, 1.165) is 0 Å². The largest absolute Gasteiger partial charge is 0.358 e. The van der Waals surface area contributed by atoms with Crippen molar-refractivity contribution >= 4 is 31.8 Å². The molecule has 0 bridgehead atoms. The Morgan fingerprint density at radius 2 is 1.73 bits per heavy atom. The molecule has 0 unspecified atom stereocenters. The Hall–Kier alpha value is -0.800. The van der Waals surface area contributed by atoms with Crippen molar-refractivity contribution in [1.82, 2.24) is 10.6 Å². The van der Waals surface area contributed by atoms with E-state index in [1.807, 2.05) is 0 Å². The van der Waals surface area contributed by atoms with E-state index >= 15 is 0 Å². The zero-order chi connectivity index (χ0) is 11.9. The van der Waals surface area contributed by atoms with E-state index in [1.165, 1.54) is 14.1 Å². The molecule has 88 valence electrons. The summed E-state index contributed by atoms with van der Waals surface area (Å²) >= 11 is 0. The van der Waals surface area contributed by atoms with Crippen LogP contribution in [0.4, 0.5) is 0 Å². The molecule has 0 aromatic heterocycles. The van der Waals surface area contributed by atoms with Crippen molar-refractivity contribution < 1.29 is 22.2 Å². The number of hydrogen-bond acceptors (Lipinski definition) is 6. The Bertz CT molecular complexity index is 300. The molecule has 0 spiro atoms. The van der Waals surface area contributed by atoms with Gasteiger partial charge in [-0.2, -0.15) is 8.42 Å². The topological polar surface area (TPSA) is 102 Å². The Morgan fingerprint density at radius 3 is 2.20 bits per heavy atom. The zero-order valence-corrected chi connectivity index (χ0v) is 9.90. The second kappa shape index (κ2) is 6.64. The average Bonchev–Trinajstić information content (AvgIpc) is 2.22. The summed E-state index contributed by atoms with van der Waals surface area (Å²) in [5, 5.41) is 4.45. The maximum absolute atomic E-state index is 11.1. The number of nitrogens with one attached hydrogen (secondary N) is 2. The lowest BCUT2D eigenvalue weighted by molar-refractivity contribution is -0.122. The zero-order valence-electron chi connectivity index (χ0n) is 8.27. The highest BCUT2D eigenvalue weighted by atomic mass is 33.1. The van der Waals surface area contributed by atoms with E-state index in [-0.39, 0.29) is 5.75 Å². The van der Waals surface area contributed by atoms with Crippen molar-refractivity contribution in [3.8, 4) is 0 Å². The summed E-state index contributed by atoms with van der Waals surface area (Å²) in [6, 6.07) is 0. The molecular weight excluding hydrogens is 244 g/mol. The average molecular weight is 256 g/mol. The quantitative estimate of drug-likeness (QED) is 0.559. The van der Waals surface area contributed by atoms with Crippen LogP contribution in [-0.2, 0) is 22.9 Å². The summed E-state index contributed by atoms with van der Waals surface area (Å²) in [6.45, 7) is -0.584. The summed E-state index contributed by atoms with van der Waals surface area (Å²) in [6.07, 6.45) is 0. The van der Waals surface area contributed by atoms with Crippen LogP contribution in [0.3, 0.4) is 0 Å². The molecule has 2 N–H and O–H groups in total. The van der Waals surface area contributed by atoms with Crippen LogP contribution in [0, 0.1) is 0 Å². The highest BCUT2D eigenvalue weighted by molar-refractivity contribution is 8.70. The van der Waals surface area contributed by atoms with Gasteiger partial charge in [-0.15, -0.1) is 0 Å². The van der Waals surface area contributed by atoms with Crippen molar-refractivity contribution in [1.29, 1.82) is 0 Å². The lowest BCUT2D eigenvalue weighted by Crippen LogP contribution is -2.25. The van der Waals surface area contributed by atoms with Crippen LogP contribution in [0.15, 0.2) is 0 Å². The normalized spacial score (nSPS) is 10.8. The Labute approximate surface area is 91.5 Å². The van der Waals surface area contributed by atoms with Gasteiger partial charge in [0, 0.05) is 24.9 Å². The molecule has 0 aromatic rings. The molecule has 0 aliphatic rings. The van der Waals surface area contributed by atoms with Crippen molar-refractivity contribution in [3.63, 3.8) is 0 Å². The molecule has 0 aliphatic heterocycles. The summed E-state index contributed by atoms with van der Waals surface area (Å²) in [4.78, 5) is 21.4. The first kappa shape index (κ1) is 14.2. The van der Waals surface area contributed by atoms with E-state index in [2.05, 4.69) is 14.8 Å². The van der Waals surface area contributed by atoms with Gasteiger partial charge in [-0.3, -0.25) is 13.8 Å². The van der Waals surface area contributed by atoms with Crippen LogP contribution in [0.2, 0.25) is 0 Å². The third kappa shape index (κ3) is 7.17. The molecule has 0 saturated carbocycles. The van der Waals surface area contributed by atoms with Crippen molar-refractivity contribution in [2.45, 2.75) is 0 Å². The van der Waals surface area contributed by atoms with Gasteiger partial charge in [-0.25, -0.2) is 0 Å². The monoisotopic (exact) mass is 256 g/mol. The van der Waals surface area contributed by atoms with E-state index in [9.17, 15) is 18.0 Å². The second-order valence-corrected chi connectivity index (χ2v) is 5.79. The lowest BCUT2D eigenvalue weighted by atomic mass is 10.7. The fourth-order valence-electron chi connectivity index (χ4n) is 0.430. The molecule has 2 amide bonds. The van der Waals surface area contributed by atoms with E-state index in [0.29, 0.717) is 10.8 Å². The summed E-state index contributed by atoms with van der Waals surface area (Å²) < 4.78 is 26.4. The first-order chi connectivity index (χ1) is 6.91. The second-order valence-electron chi connectivity index (χ2n) is 2.28. The molecule has 0 aliphatic carbocycles. The molecule has 0 saturated heterocycles. The van der Waals surface area contributed by atoms with Crippen LogP contribution in [0.1, 0.15) is 0 Å². The molecule has 15 heavy (non-hydrogen) atoms. The smallest absolute Gasteiger partial charge is 0.323 e. The minimum absolute atomic E-state index is 0.271. The number of rotatable bonds is 6. The van der Waals surface area contributed by atoms with E-state index < -0.39 is 27.6 Å². The summed E-state index contributed by atoms with van der Waals surface area (Å²) in [5.74, 6) is -1.27.